The molecule has 0 heterocycles. The van der Waals surface area contributed by atoms with Gasteiger partial charge in [0.15, 0.2) is 0 Å². The molecule has 1 atom stereocenters. The van der Waals surface area contributed by atoms with Gasteiger partial charge in [0.1, 0.15) is 12.6 Å². The van der Waals surface area contributed by atoms with Crippen LogP contribution in [-0.2, 0) is 26.2 Å². The molecule has 0 aromatic heterocycles. The summed E-state index contributed by atoms with van der Waals surface area (Å²) in [7, 11) is -2.40. The first kappa shape index (κ1) is 25.0. The van der Waals surface area contributed by atoms with Crippen LogP contribution < -0.4 is 9.62 Å². The molecule has 2 aromatic rings. The maximum absolute atomic E-state index is 13.3. The fraction of sp³-hybridized carbons (Fsp3) is 0.333. The number of anilines is 1. The van der Waals surface area contributed by atoms with Gasteiger partial charge in [0.25, 0.3) is 0 Å². The molecule has 0 unspecified atom stereocenters. The van der Waals surface area contributed by atoms with E-state index < -0.39 is 28.5 Å². The van der Waals surface area contributed by atoms with Crippen molar-refractivity contribution in [3.63, 3.8) is 0 Å². The van der Waals surface area contributed by atoms with E-state index in [4.69, 9.17) is 23.2 Å². The van der Waals surface area contributed by atoms with Crippen molar-refractivity contribution in [1.29, 1.82) is 0 Å². The van der Waals surface area contributed by atoms with Crippen LogP contribution in [0.1, 0.15) is 18.1 Å². The molecule has 2 rings (SSSR count). The zero-order valence-electron chi connectivity index (χ0n) is 17.7. The predicted molar refractivity (Wildman–Crippen MR) is 124 cm³/mol. The summed E-state index contributed by atoms with van der Waals surface area (Å²) in [6, 6.07) is 11.1. The highest BCUT2D eigenvalue weighted by atomic mass is 35.5. The number of carbonyl (C=O) groups excluding carboxylic acids is 2. The Balaban J connectivity index is 2.43. The van der Waals surface area contributed by atoms with E-state index in [9.17, 15) is 18.0 Å². The molecular weight excluding hydrogens is 461 g/mol. The van der Waals surface area contributed by atoms with Gasteiger partial charge in [-0.1, -0.05) is 53.0 Å². The third-order valence-corrected chi connectivity index (χ3v) is 6.39. The summed E-state index contributed by atoms with van der Waals surface area (Å²) in [5.74, 6) is -0.924. The first-order chi connectivity index (χ1) is 14.4. The predicted octanol–water partition coefficient (Wildman–Crippen LogP) is 3.23. The average Bonchev–Trinajstić information content (AvgIpc) is 2.70. The SMILES string of the molecule is CNC(=O)[C@H](C)N(Cc1cccc(C)c1)C(=O)CN(c1cc(Cl)ccc1Cl)S(C)(=O)=O. The summed E-state index contributed by atoms with van der Waals surface area (Å²) >= 11 is 12.2. The van der Waals surface area contributed by atoms with Crippen LogP contribution in [0.5, 0.6) is 0 Å². The minimum atomic E-state index is -3.87. The molecule has 0 radical (unpaired) electrons. The molecule has 2 aromatic carbocycles. The molecule has 0 fully saturated rings. The second-order valence-corrected chi connectivity index (χ2v) is 9.92. The fourth-order valence-corrected chi connectivity index (χ4v) is 4.36. The number of amides is 2. The third kappa shape index (κ3) is 6.59. The zero-order chi connectivity index (χ0) is 23.3. The molecule has 0 bridgehead atoms. The second kappa shape index (κ2) is 10.3. The Morgan fingerprint density at radius 2 is 1.81 bits per heavy atom. The summed E-state index contributed by atoms with van der Waals surface area (Å²) in [6.45, 7) is 3.11. The molecule has 2 amide bonds. The van der Waals surface area contributed by atoms with Gasteiger partial charge in [0.2, 0.25) is 21.8 Å². The van der Waals surface area contributed by atoms with E-state index in [2.05, 4.69) is 5.32 Å². The molecule has 0 aliphatic heterocycles. The van der Waals surface area contributed by atoms with Gasteiger partial charge in [-0.2, -0.15) is 0 Å². The normalized spacial score (nSPS) is 12.2. The van der Waals surface area contributed by atoms with E-state index >= 15 is 0 Å². The van der Waals surface area contributed by atoms with E-state index in [-0.39, 0.29) is 28.2 Å². The maximum Gasteiger partial charge on any atom is 0.244 e. The summed E-state index contributed by atoms with van der Waals surface area (Å²) in [6.07, 6.45) is 0.977. The molecule has 31 heavy (non-hydrogen) atoms. The topological polar surface area (TPSA) is 86.8 Å². The highest BCUT2D eigenvalue weighted by Gasteiger charge is 2.30. The van der Waals surface area contributed by atoms with Crippen molar-refractivity contribution < 1.29 is 18.0 Å². The quantitative estimate of drug-likeness (QED) is 0.621. The lowest BCUT2D eigenvalue weighted by molar-refractivity contribution is -0.139. The highest BCUT2D eigenvalue weighted by Crippen LogP contribution is 2.30. The molecule has 0 saturated heterocycles. The van der Waals surface area contributed by atoms with Crippen LogP contribution in [0.4, 0.5) is 5.69 Å². The number of rotatable bonds is 8. The van der Waals surface area contributed by atoms with Gasteiger partial charge < -0.3 is 10.2 Å². The Hall–Kier alpha value is -2.29. The Morgan fingerprint density at radius 1 is 1.13 bits per heavy atom. The lowest BCUT2D eigenvalue weighted by Crippen LogP contribution is -2.50. The lowest BCUT2D eigenvalue weighted by atomic mass is 10.1. The van der Waals surface area contributed by atoms with Crippen LogP contribution in [0.3, 0.4) is 0 Å². The first-order valence-electron chi connectivity index (χ1n) is 9.43. The Morgan fingerprint density at radius 3 is 2.39 bits per heavy atom. The van der Waals surface area contributed by atoms with Crippen LogP contribution in [0, 0.1) is 6.92 Å². The maximum atomic E-state index is 13.3. The van der Waals surface area contributed by atoms with Gasteiger partial charge >= 0.3 is 0 Å². The molecule has 0 aliphatic rings. The van der Waals surface area contributed by atoms with Crippen molar-refractivity contribution in [1.82, 2.24) is 10.2 Å². The van der Waals surface area contributed by atoms with Gasteiger partial charge in [0, 0.05) is 18.6 Å². The number of nitrogens with one attached hydrogen (secondary N) is 1. The Labute approximate surface area is 193 Å². The molecule has 0 saturated carbocycles. The number of nitrogens with zero attached hydrogens (tertiary/aromatic N) is 2. The van der Waals surface area contributed by atoms with Crippen LogP contribution in [0.25, 0.3) is 0 Å². The molecular formula is C21H25Cl2N3O4S. The number of hydrogen-bond acceptors (Lipinski definition) is 4. The van der Waals surface area contributed by atoms with E-state index in [0.29, 0.717) is 0 Å². The number of hydrogen-bond donors (Lipinski definition) is 1. The fourth-order valence-electron chi connectivity index (χ4n) is 3.07. The van der Waals surface area contributed by atoms with E-state index in [1.165, 1.54) is 30.1 Å². The van der Waals surface area contributed by atoms with Crippen molar-refractivity contribution in [2.45, 2.75) is 26.4 Å². The largest absolute Gasteiger partial charge is 0.357 e. The van der Waals surface area contributed by atoms with E-state index in [1.54, 1.807) is 6.92 Å². The van der Waals surface area contributed by atoms with Crippen molar-refractivity contribution in [2.24, 2.45) is 0 Å². The molecule has 1 N–H and O–H groups in total. The van der Waals surface area contributed by atoms with Gasteiger partial charge in [-0.25, -0.2) is 8.42 Å². The number of likely N-dealkylation sites (N-methyl/N-ethyl adjacent to an activating group) is 1. The van der Waals surface area contributed by atoms with Gasteiger partial charge in [-0.15, -0.1) is 0 Å². The number of benzene rings is 2. The van der Waals surface area contributed by atoms with Crippen molar-refractivity contribution >= 4 is 50.7 Å². The summed E-state index contributed by atoms with van der Waals surface area (Å²) in [5, 5.41) is 2.93. The molecule has 0 spiro atoms. The van der Waals surface area contributed by atoms with Crippen LogP contribution in [-0.4, -0.2) is 51.0 Å². The number of carbonyl (C=O) groups is 2. The minimum absolute atomic E-state index is 0.0909. The zero-order valence-corrected chi connectivity index (χ0v) is 20.1. The Bertz CT molecular complexity index is 1080. The molecule has 7 nitrogen and oxygen atoms in total. The second-order valence-electron chi connectivity index (χ2n) is 7.17. The third-order valence-electron chi connectivity index (χ3n) is 4.71. The Kier molecular flexibility index (Phi) is 8.34. The van der Waals surface area contributed by atoms with Crippen LogP contribution in [0.2, 0.25) is 10.0 Å². The lowest BCUT2D eigenvalue weighted by Gasteiger charge is -2.31. The molecule has 10 heteroatoms. The van der Waals surface area contributed by atoms with Crippen LogP contribution in [0.15, 0.2) is 42.5 Å². The molecule has 168 valence electrons. The highest BCUT2D eigenvalue weighted by molar-refractivity contribution is 7.92. The van der Waals surface area contributed by atoms with E-state index in [0.717, 1.165) is 21.7 Å². The smallest absolute Gasteiger partial charge is 0.244 e. The van der Waals surface area contributed by atoms with Crippen LogP contribution >= 0.6 is 23.2 Å². The minimum Gasteiger partial charge on any atom is -0.357 e. The van der Waals surface area contributed by atoms with Gasteiger partial charge in [-0.3, -0.25) is 13.9 Å². The number of sulfonamides is 1. The first-order valence-corrected chi connectivity index (χ1v) is 12.0. The molecule has 0 aliphatic carbocycles. The van der Waals surface area contributed by atoms with E-state index in [1.807, 2.05) is 31.2 Å². The number of halogens is 2. The van der Waals surface area contributed by atoms with Crippen molar-refractivity contribution in [3.8, 4) is 0 Å². The average molecular weight is 486 g/mol. The number of aryl methyl sites for hydroxylation is 1. The van der Waals surface area contributed by atoms with Crippen molar-refractivity contribution in [2.75, 3.05) is 24.2 Å². The van der Waals surface area contributed by atoms with Gasteiger partial charge in [0.05, 0.1) is 17.0 Å². The summed E-state index contributed by atoms with van der Waals surface area (Å²) < 4.78 is 25.9. The summed E-state index contributed by atoms with van der Waals surface area (Å²) in [4.78, 5) is 26.9. The van der Waals surface area contributed by atoms with Gasteiger partial charge in [-0.05, 0) is 37.6 Å². The van der Waals surface area contributed by atoms with Crippen molar-refractivity contribution in [3.05, 3.63) is 63.6 Å². The monoisotopic (exact) mass is 485 g/mol. The standard InChI is InChI=1S/C21H25Cl2N3O4S/c1-14-6-5-7-16(10-14)12-25(15(2)21(28)24-3)20(27)13-26(31(4,29)30)19-11-17(22)8-9-18(19)23/h5-11,15H,12-13H2,1-4H3,(H,24,28)/t15-/m0/s1. The summed E-state index contributed by atoms with van der Waals surface area (Å²) in [5.41, 5.74) is 1.91.